The summed E-state index contributed by atoms with van der Waals surface area (Å²) in [5.74, 6) is 0.154. The highest BCUT2D eigenvalue weighted by Gasteiger charge is 2.11. The Morgan fingerprint density at radius 3 is 2.67 bits per heavy atom. The summed E-state index contributed by atoms with van der Waals surface area (Å²) in [6.45, 7) is 4.93. The molecule has 0 spiro atoms. The van der Waals surface area contributed by atoms with Crippen LogP contribution in [0.15, 0.2) is 24.3 Å². The Labute approximate surface area is 157 Å². The fourth-order valence-corrected chi connectivity index (χ4v) is 2.14. The van der Waals surface area contributed by atoms with Gasteiger partial charge >= 0.3 is 12.0 Å². The summed E-state index contributed by atoms with van der Waals surface area (Å²) in [6.07, 6.45) is 3.55. The maximum absolute atomic E-state index is 11.7. The Balaban J connectivity index is 1.77. The highest BCUT2D eigenvalue weighted by atomic mass is 16.5. The van der Waals surface area contributed by atoms with Gasteiger partial charge in [-0.2, -0.15) is 0 Å². The van der Waals surface area contributed by atoms with Crippen molar-refractivity contribution in [1.82, 2.24) is 10.6 Å². The van der Waals surface area contributed by atoms with Crippen LogP contribution in [0.25, 0.3) is 6.08 Å². The molecular weight excluding hydrogens is 352 g/mol. The Morgan fingerprint density at radius 2 is 1.93 bits per heavy atom. The van der Waals surface area contributed by atoms with Gasteiger partial charge in [0.2, 0.25) is 0 Å². The molecule has 0 fully saturated rings. The second-order valence-corrected chi connectivity index (χ2v) is 6.35. The van der Waals surface area contributed by atoms with Crippen LogP contribution in [0.1, 0.15) is 25.8 Å². The lowest BCUT2D eigenvalue weighted by Gasteiger charge is -2.08. The van der Waals surface area contributed by atoms with Crippen molar-refractivity contribution in [3.05, 3.63) is 29.8 Å². The first-order valence-electron chi connectivity index (χ1n) is 8.76. The van der Waals surface area contributed by atoms with E-state index in [1.807, 2.05) is 13.8 Å². The topological polar surface area (TPSA) is 103 Å². The van der Waals surface area contributed by atoms with E-state index >= 15 is 0 Å². The molecule has 2 rings (SSSR count). The Morgan fingerprint density at radius 1 is 1.19 bits per heavy atom. The van der Waals surface area contributed by atoms with Crippen molar-refractivity contribution < 1.29 is 28.6 Å². The molecule has 8 nitrogen and oxygen atoms in total. The molecule has 1 aliphatic rings. The van der Waals surface area contributed by atoms with Crippen molar-refractivity contribution >= 4 is 24.0 Å². The van der Waals surface area contributed by atoms with Gasteiger partial charge in [0, 0.05) is 19.0 Å². The monoisotopic (exact) mass is 376 g/mol. The largest absolute Gasteiger partial charge is 0.490 e. The second-order valence-electron chi connectivity index (χ2n) is 6.35. The number of esters is 1. The number of benzene rings is 1. The fraction of sp³-hybridized carbons (Fsp3) is 0.421. The normalized spacial score (nSPS) is 13.1. The van der Waals surface area contributed by atoms with Crippen molar-refractivity contribution in [2.45, 2.75) is 20.3 Å². The molecule has 8 heteroatoms. The molecule has 146 valence electrons. The number of fused-ring (bicyclic) bond motifs is 1. The first-order valence-corrected chi connectivity index (χ1v) is 8.76. The SMILES string of the molecule is CC(C)CNC(=O)NC(=O)COC(=O)/C=C/c1ccc2c(c1)OCCCO2. The molecule has 0 saturated carbocycles. The van der Waals surface area contributed by atoms with Crippen molar-refractivity contribution in [3.8, 4) is 11.5 Å². The average molecular weight is 376 g/mol. The molecule has 2 N–H and O–H groups in total. The quantitative estimate of drug-likeness (QED) is 0.581. The number of carbonyl (C=O) groups excluding carboxylic acids is 3. The van der Waals surface area contributed by atoms with Gasteiger partial charge < -0.3 is 19.5 Å². The van der Waals surface area contributed by atoms with E-state index in [0.717, 1.165) is 12.0 Å². The molecule has 1 heterocycles. The molecule has 0 radical (unpaired) electrons. The van der Waals surface area contributed by atoms with E-state index in [0.29, 0.717) is 31.3 Å². The van der Waals surface area contributed by atoms with E-state index in [2.05, 4.69) is 10.6 Å². The predicted octanol–water partition coefficient (Wildman–Crippen LogP) is 1.89. The molecule has 0 aliphatic carbocycles. The lowest BCUT2D eigenvalue weighted by molar-refractivity contribution is -0.143. The summed E-state index contributed by atoms with van der Waals surface area (Å²) >= 11 is 0. The predicted molar refractivity (Wildman–Crippen MR) is 98.4 cm³/mol. The van der Waals surface area contributed by atoms with Crippen LogP contribution in [0, 0.1) is 5.92 Å². The molecule has 0 bridgehead atoms. The number of amides is 3. The van der Waals surface area contributed by atoms with Gasteiger partial charge in [0.25, 0.3) is 5.91 Å². The molecule has 1 aliphatic heterocycles. The first-order chi connectivity index (χ1) is 12.9. The minimum Gasteiger partial charge on any atom is -0.490 e. The maximum atomic E-state index is 11.7. The molecule has 0 aromatic heterocycles. The number of ether oxygens (including phenoxy) is 3. The van der Waals surface area contributed by atoms with Gasteiger partial charge in [-0.25, -0.2) is 9.59 Å². The summed E-state index contributed by atoms with van der Waals surface area (Å²) in [7, 11) is 0. The van der Waals surface area contributed by atoms with Crippen LogP contribution in [0.3, 0.4) is 0 Å². The van der Waals surface area contributed by atoms with E-state index in [4.69, 9.17) is 14.2 Å². The number of imide groups is 1. The van der Waals surface area contributed by atoms with Crippen molar-refractivity contribution in [2.24, 2.45) is 5.92 Å². The van der Waals surface area contributed by atoms with Gasteiger partial charge in [0.1, 0.15) is 0 Å². The van der Waals surface area contributed by atoms with E-state index in [-0.39, 0.29) is 5.92 Å². The summed E-state index contributed by atoms with van der Waals surface area (Å²) in [4.78, 5) is 34.7. The van der Waals surface area contributed by atoms with Crippen LogP contribution >= 0.6 is 0 Å². The van der Waals surface area contributed by atoms with E-state index in [1.165, 1.54) is 6.08 Å². The number of rotatable bonds is 6. The number of hydrogen-bond acceptors (Lipinski definition) is 6. The third-order valence-corrected chi connectivity index (χ3v) is 3.45. The number of urea groups is 1. The average Bonchev–Trinajstić information content (AvgIpc) is 2.88. The van der Waals surface area contributed by atoms with Gasteiger partial charge in [0.05, 0.1) is 13.2 Å². The lowest BCUT2D eigenvalue weighted by Crippen LogP contribution is -2.42. The zero-order valence-electron chi connectivity index (χ0n) is 15.4. The van der Waals surface area contributed by atoms with Crippen LogP contribution in [-0.4, -0.2) is 44.3 Å². The zero-order valence-corrected chi connectivity index (χ0v) is 15.4. The minimum absolute atomic E-state index is 0.263. The molecule has 27 heavy (non-hydrogen) atoms. The van der Waals surface area contributed by atoms with Crippen LogP contribution in [-0.2, 0) is 14.3 Å². The van der Waals surface area contributed by atoms with Gasteiger partial charge in [-0.1, -0.05) is 19.9 Å². The molecular formula is C19H24N2O6. The third kappa shape index (κ3) is 7.39. The molecule has 1 aromatic rings. The number of hydrogen-bond donors (Lipinski definition) is 2. The molecule has 0 unspecified atom stereocenters. The Bertz CT molecular complexity index is 714. The van der Waals surface area contributed by atoms with Crippen molar-refractivity contribution in [2.75, 3.05) is 26.4 Å². The molecule has 0 saturated heterocycles. The first kappa shape index (κ1) is 20.3. The summed E-state index contributed by atoms with van der Waals surface area (Å²) in [5.41, 5.74) is 0.730. The van der Waals surface area contributed by atoms with E-state index in [9.17, 15) is 14.4 Å². The zero-order chi connectivity index (χ0) is 19.6. The second kappa shape index (κ2) is 10.2. The standard InChI is InChI=1S/C19H24N2O6/c1-13(2)11-20-19(24)21-17(22)12-27-18(23)7-5-14-4-6-15-16(10-14)26-9-3-8-25-15/h4-7,10,13H,3,8-9,11-12H2,1-2H3,(H2,20,21,22,24)/b7-5+. The highest BCUT2D eigenvalue weighted by Crippen LogP contribution is 2.30. The van der Waals surface area contributed by atoms with Gasteiger partial charge in [-0.05, 0) is 29.7 Å². The van der Waals surface area contributed by atoms with Crippen molar-refractivity contribution in [1.29, 1.82) is 0 Å². The summed E-state index contributed by atoms with van der Waals surface area (Å²) < 4.78 is 15.9. The highest BCUT2D eigenvalue weighted by molar-refractivity contribution is 5.96. The van der Waals surface area contributed by atoms with Crippen LogP contribution in [0.5, 0.6) is 11.5 Å². The molecule has 0 atom stereocenters. The Kier molecular flexibility index (Phi) is 7.66. The minimum atomic E-state index is -0.700. The summed E-state index contributed by atoms with van der Waals surface area (Å²) in [6, 6.07) is 4.70. The maximum Gasteiger partial charge on any atom is 0.331 e. The van der Waals surface area contributed by atoms with Gasteiger partial charge in [-0.15, -0.1) is 0 Å². The molecule has 3 amide bonds. The van der Waals surface area contributed by atoms with Crippen LogP contribution in [0.4, 0.5) is 4.79 Å². The van der Waals surface area contributed by atoms with Crippen LogP contribution < -0.4 is 20.1 Å². The van der Waals surface area contributed by atoms with Crippen LogP contribution in [0.2, 0.25) is 0 Å². The van der Waals surface area contributed by atoms with Gasteiger partial charge in [0.15, 0.2) is 18.1 Å². The van der Waals surface area contributed by atoms with Gasteiger partial charge in [-0.3, -0.25) is 10.1 Å². The number of nitrogens with one attached hydrogen (secondary N) is 2. The fourth-order valence-electron chi connectivity index (χ4n) is 2.14. The lowest BCUT2D eigenvalue weighted by atomic mass is 10.2. The van der Waals surface area contributed by atoms with Crippen molar-refractivity contribution in [3.63, 3.8) is 0 Å². The van der Waals surface area contributed by atoms with E-state index in [1.54, 1.807) is 24.3 Å². The number of carbonyl (C=O) groups is 3. The molecule has 1 aromatic carbocycles. The smallest absolute Gasteiger partial charge is 0.331 e. The van der Waals surface area contributed by atoms with E-state index < -0.39 is 24.5 Å². The Hall–Kier alpha value is -3.03. The summed E-state index contributed by atoms with van der Waals surface area (Å²) in [5, 5.41) is 4.61. The third-order valence-electron chi connectivity index (χ3n) is 3.45.